The molecule has 3 heterocycles. The smallest absolute Gasteiger partial charge is 0.277 e. The van der Waals surface area contributed by atoms with Gasteiger partial charge >= 0.3 is 0 Å². The van der Waals surface area contributed by atoms with Crippen LogP contribution in [0.1, 0.15) is 43.8 Å². The Morgan fingerprint density at radius 1 is 1.46 bits per heavy atom. The highest BCUT2D eigenvalue weighted by Crippen LogP contribution is 2.37. The first-order chi connectivity index (χ1) is 11.4. The molecule has 24 heavy (non-hydrogen) atoms. The molecule has 2 aromatic heterocycles. The molecule has 2 aromatic rings. The van der Waals surface area contributed by atoms with E-state index in [1.165, 1.54) is 11.3 Å². The number of thiophene rings is 1. The highest BCUT2D eigenvalue weighted by Gasteiger charge is 2.28. The minimum Gasteiger partial charge on any atom is -0.365 e. The van der Waals surface area contributed by atoms with Crippen molar-refractivity contribution in [3.8, 4) is 0 Å². The molecule has 0 unspecified atom stereocenters. The Morgan fingerprint density at radius 3 is 2.79 bits per heavy atom. The van der Waals surface area contributed by atoms with Crippen molar-refractivity contribution in [1.82, 2.24) is 14.7 Å². The van der Waals surface area contributed by atoms with Gasteiger partial charge in [0.15, 0.2) is 5.69 Å². The van der Waals surface area contributed by atoms with Crippen LogP contribution in [0.5, 0.6) is 0 Å². The van der Waals surface area contributed by atoms with Gasteiger partial charge in [-0.25, -0.2) is 0 Å². The van der Waals surface area contributed by atoms with Crippen molar-refractivity contribution in [2.75, 3.05) is 18.4 Å². The zero-order chi connectivity index (χ0) is 17.4. The molecule has 0 fully saturated rings. The number of hydrogen-bond acceptors (Lipinski definition) is 5. The molecule has 8 heteroatoms. The van der Waals surface area contributed by atoms with Crippen molar-refractivity contribution in [1.29, 1.82) is 0 Å². The molecular formula is C16H21N5O2S. The number of fused-ring (bicyclic) bond motifs is 1. The number of nitrogens with two attached hydrogens (primary N) is 1. The molecule has 3 N–H and O–H groups in total. The lowest BCUT2D eigenvalue weighted by molar-refractivity contribution is 0.1000. The number of nitrogens with one attached hydrogen (secondary N) is 1. The molecule has 0 aliphatic carbocycles. The SMILES string of the molecule is CCN1CCc2c(sc(NC(=O)c3nn(C)cc3C)c2C(N)=O)C1. The van der Waals surface area contributed by atoms with E-state index in [4.69, 9.17) is 5.73 Å². The highest BCUT2D eigenvalue weighted by molar-refractivity contribution is 7.17. The topological polar surface area (TPSA) is 93.2 Å². The third kappa shape index (κ3) is 2.94. The van der Waals surface area contributed by atoms with Crippen molar-refractivity contribution in [2.45, 2.75) is 26.8 Å². The predicted molar refractivity (Wildman–Crippen MR) is 93.4 cm³/mol. The largest absolute Gasteiger partial charge is 0.365 e. The molecule has 0 saturated carbocycles. The number of primary amides is 1. The van der Waals surface area contributed by atoms with Gasteiger partial charge in [0.2, 0.25) is 0 Å². The molecule has 0 bridgehead atoms. The molecule has 7 nitrogen and oxygen atoms in total. The summed E-state index contributed by atoms with van der Waals surface area (Å²) < 4.78 is 1.60. The molecule has 1 aliphatic rings. The van der Waals surface area contributed by atoms with E-state index in [0.29, 0.717) is 16.3 Å². The van der Waals surface area contributed by atoms with Crippen molar-refractivity contribution < 1.29 is 9.59 Å². The first kappa shape index (κ1) is 16.7. The normalized spacial score (nSPS) is 14.5. The number of aromatic nitrogens is 2. The summed E-state index contributed by atoms with van der Waals surface area (Å²) in [6, 6.07) is 0. The number of likely N-dealkylation sites (N-methyl/N-ethyl adjacent to an activating group) is 1. The van der Waals surface area contributed by atoms with Crippen LogP contribution in [0.4, 0.5) is 5.00 Å². The molecule has 0 saturated heterocycles. The molecule has 1 aliphatic heterocycles. The van der Waals surface area contributed by atoms with Gasteiger partial charge in [-0.15, -0.1) is 11.3 Å². The van der Waals surface area contributed by atoms with Crippen LogP contribution in [-0.4, -0.2) is 39.6 Å². The molecule has 2 amide bonds. The van der Waals surface area contributed by atoms with Gasteiger partial charge in [-0.2, -0.15) is 5.10 Å². The van der Waals surface area contributed by atoms with Crippen LogP contribution in [-0.2, 0) is 20.0 Å². The molecule has 0 aromatic carbocycles. The van der Waals surface area contributed by atoms with E-state index in [9.17, 15) is 9.59 Å². The Hall–Kier alpha value is -2.19. The van der Waals surface area contributed by atoms with Gasteiger partial charge in [0.1, 0.15) is 5.00 Å². The fourth-order valence-electron chi connectivity index (χ4n) is 3.07. The van der Waals surface area contributed by atoms with Crippen LogP contribution in [0.2, 0.25) is 0 Å². The lowest BCUT2D eigenvalue weighted by atomic mass is 10.0. The number of hydrogen-bond donors (Lipinski definition) is 2. The van der Waals surface area contributed by atoms with E-state index in [0.717, 1.165) is 42.1 Å². The van der Waals surface area contributed by atoms with Crippen LogP contribution in [0.25, 0.3) is 0 Å². The average molecular weight is 347 g/mol. The summed E-state index contributed by atoms with van der Waals surface area (Å²) in [6.45, 7) is 6.58. The van der Waals surface area contributed by atoms with E-state index in [1.807, 2.05) is 6.92 Å². The van der Waals surface area contributed by atoms with E-state index in [2.05, 4.69) is 22.2 Å². The van der Waals surface area contributed by atoms with E-state index in [1.54, 1.807) is 17.9 Å². The van der Waals surface area contributed by atoms with Gasteiger partial charge in [-0.1, -0.05) is 6.92 Å². The van der Waals surface area contributed by atoms with Crippen LogP contribution < -0.4 is 11.1 Å². The van der Waals surface area contributed by atoms with Crippen LogP contribution in [0.15, 0.2) is 6.20 Å². The Labute approximate surface area is 144 Å². The minimum absolute atomic E-state index is 0.318. The summed E-state index contributed by atoms with van der Waals surface area (Å²) in [7, 11) is 1.77. The summed E-state index contributed by atoms with van der Waals surface area (Å²) in [5.41, 5.74) is 8.15. The molecule has 128 valence electrons. The first-order valence-electron chi connectivity index (χ1n) is 7.89. The molecule has 0 radical (unpaired) electrons. The number of anilines is 1. The number of aryl methyl sites for hydroxylation is 2. The highest BCUT2D eigenvalue weighted by atomic mass is 32.1. The summed E-state index contributed by atoms with van der Waals surface area (Å²) in [5.74, 6) is -0.813. The van der Waals surface area contributed by atoms with Gasteiger partial charge in [0.05, 0.1) is 5.56 Å². The fourth-order valence-corrected chi connectivity index (χ4v) is 4.36. The van der Waals surface area contributed by atoms with Crippen LogP contribution in [0, 0.1) is 6.92 Å². The maximum Gasteiger partial charge on any atom is 0.277 e. The second-order valence-electron chi connectivity index (χ2n) is 5.98. The second-order valence-corrected chi connectivity index (χ2v) is 7.08. The number of rotatable bonds is 4. The van der Waals surface area contributed by atoms with Crippen molar-refractivity contribution in [3.05, 3.63) is 33.5 Å². The zero-order valence-corrected chi connectivity index (χ0v) is 14.9. The predicted octanol–water partition coefficient (Wildman–Crippen LogP) is 1.52. The van der Waals surface area contributed by atoms with Gasteiger partial charge < -0.3 is 11.1 Å². The molecule has 0 spiro atoms. The molecular weight excluding hydrogens is 326 g/mol. The zero-order valence-electron chi connectivity index (χ0n) is 14.0. The van der Waals surface area contributed by atoms with Gasteiger partial charge in [0, 0.05) is 36.8 Å². The van der Waals surface area contributed by atoms with Gasteiger partial charge in [-0.3, -0.25) is 19.2 Å². The van der Waals surface area contributed by atoms with Gasteiger partial charge in [0.25, 0.3) is 11.8 Å². The van der Waals surface area contributed by atoms with Gasteiger partial charge in [-0.05, 0) is 25.5 Å². The number of carbonyl (C=O) groups excluding carboxylic acids is 2. The standard InChI is InChI=1S/C16H21N5O2S/c1-4-21-6-5-10-11(8-21)24-16(12(10)14(17)22)18-15(23)13-9(2)7-20(3)19-13/h7H,4-6,8H2,1-3H3,(H2,17,22)(H,18,23). The van der Waals surface area contributed by atoms with E-state index >= 15 is 0 Å². The Bertz CT molecular complexity index is 808. The first-order valence-corrected chi connectivity index (χ1v) is 8.70. The molecule has 0 atom stereocenters. The van der Waals surface area contributed by atoms with E-state index < -0.39 is 5.91 Å². The van der Waals surface area contributed by atoms with Crippen molar-refractivity contribution in [3.63, 3.8) is 0 Å². The summed E-state index contributed by atoms with van der Waals surface area (Å²) in [4.78, 5) is 27.9. The quantitative estimate of drug-likeness (QED) is 0.877. The van der Waals surface area contributed by atoms with Crippen molar-refractivity contribution in [2.24, 2.45) is 12.8 Å². The Morgan fingerprint density at radius 2 is 2.21 bits per heavy atom. The lowest BCUT2D eigenvalue weighted by Crippen LogP contribution is -2.30. The average Bonchev–Trinajstić information content (AvgIpc) is 3.05. The van der Waals surface area contributed by atoms with Crippen LogP contribution >= 0.6 is 11.3 Å². The third-order valence-electron chi connectivity index (χ3n) is 4.28. The number of nitrogens with zero attached hydrogens (tertiary/aromatic N) is 3. The fraction of sp³-hybridized carbons (Fsp3) is 0.438. The Balaban J connectivity index is 1.93. The van der Waals surface area contributed by atoms with E-state index in [-0.39, 0.29) is 5.91 Å². The number of amides is 2. The summed E-state index contributed by atoms with van der Waals surface area (Å²) in [5, 5.41) is 7.54. The maximum absolute atomic E-state index is 12.5. The lowest BCUT2D eigenvalue weighted by Gasteiger charge is -2.25. The third-order valence-corrected chi connectivity index (χ3v) is 5.42. The maximum atomic E-state index is 12.5. The van der Waals surface area contributed by atoms with Crippen molar-refractivity contribution >= 4 is 28.2 Å². The van der Waals surface area contributed by atoms with Crippen LogP contribution in [0.3, 0.4) is 0 Å². The Kier molecular flexibility index (Phi) is 4.42. The summed E-state index contributed by atoms with van der Waals surface area (Å²) in [6.07, 6.45) is 2.55. The second kappa shape index (κ2) is 6.37. The minimum atomic E-state index is -0.495. The molecule has 3 rings (SSSR count). The monoisotopic (exact) mass is 347 g/mol. The summed E-state index contributed by atoms with van der Waals surface area (Å²) >= 11 is 1.44. The number of carbonyl (C=O) groups is 2.